The molecule has 0 aliphatic heterocycles. The highest BCUT2D eigenvalue weighted by atomic mass is 19.4. The van der Waals surface area contributed by atoms with Crippen LogP contribution in [0.2, 0.25) is 0 Å². The Balaban J connectivity index is 1.63. The summed E-state index contributed by atoms with van der Waals surface area (Å²) in [5.41, 5.74) is 4.07. The van der Waals surface area contributed by atoms with E-state index in [9.17, 15) is 22.8 Å². The molecule has 0 unspecified atom stereocenters. The zero-order valence-electron chi connectivity index (χ0n) is 17.6. The van der Waals surface area contributed by atoms with E-state index in [0.29, 0.717) is 11.4 Å². The molecule has 3 rings (SSSR count). The Labute approximate surface area is 186 Å². The Morgan fingerprint density at radius 1 is 1.03 bits per heavy atom. The van der Waals surface area contributed by atoms with Crippen molar-refractivity contribution in [3.8, 4) is 17.2 Å². The number of ether oxygens (including phenoxy) is 2. The second-order valence-corrected chi connectivity index (χ2v) is 6.62. The fourth-order valence-corrected chi connectivity index (χ4v) is 2.74. The third kappa shape index (κ3) is 5.93. The zero-order valence-corrected chi connectivity index (χ0v) is 17.6. The van der Waals surface area contributed by atoms with Crippen LogP contribution in [-0.4, -0.2) is 42.4 Å². The van der Waals surface area contributed by atoms with Crippen LogP contribution in [0.4, 0.5) is 18.9 Å². The van der Waals surface area contributed by atoms with Crippen LogP contribution in [0.25, 0.3) is 5.69 Å². The maximum absolute atomic E-state index is 13.0. The molecule has 0 saturated heterocycles. The number of carbonyl (C=O) groups excluding carboxylic acids is 2. The van der Waals surface area contributed by atoms with E-state index < -0.39 is 23.6 Å². The first-order valence-electron chi connectivity index (χ1n) is 9.49. The summed E-state index contributed by atoms with van der Waals surface area (Å²) in [6, 6.07) is 11.3. The van der Waals surface area contributed by atoms with E-state index in [-0.39, 0.29) is 23.7 Å². The number of alkyl halides is 3. The van der Waals surface area contributed by atoms with Crippen LogP contribution in [0.5, 0.6) is 11.5 Å². The number of carbonyl (C=O) groups is 2. The maximum Gasteiger partial charge on any atom is 0.416 e. The van der Waals surface area contributed by atoms with Crippen LogP contribution >= 0.6 is 0 Å². The molecule has 0 aliphatic carbocycles. The van der Waals surface area contributed by atoms with Crippen LogP contribution < -0.4 is 25.6 Å². The van der Waals surface area contributed by atoms with Gasteiger partial charge < -0.3 is 14.8 Å². The molecular formula is C21H20F3N5O4. The number of aromatic nitrogens is 2. The molecule has 1 aromatic heterocycles. The first-order valence-corrected chi connectivity index (χ1v) is 9.49. The van der Waals surface area contributed by atoms with Crippen molar-refractivity contribution in [3.63, 3.8) is 0 Å². The van der Waals surface area contributed by atoms with Crippen molar-refractivity contribution >= 4 is 17.5 Å². The largest absolute Gasteiger partial charge is 0.497 e. The Kier molecular flexibility index (Phi) is 7.06. The summed E-state index contributed by atoms with van der Waals surface area (Å²) in [5, 5.41) is 6.87. The lowest BCUT2D eigenvalue weighted by molar-refractivity contribution is -0.137. The lowest BCUT2D eigenvalue weighted by Gasteiger charge is -2.09. The Hall–Kier alpha value is -4.22. The van der Waals surface area contributed by atoms with Gasteiger partial charge in [0.05, 0.1) is 38.2 Å². The molecule has 3 aromatic rings. The van der Waals surface area contributed by atoms with Crippen molar-refractivity contribution in [2.75, 3.05) is 26.1 Å². The number of hydrazine groups is 1. The van der Waals surface area contributed by atoms with E-state index >= 15 is 0 Å². The van der Waals surface area contributed by atoms with Crippen LogP contribution in [0.3, 0.4) is 0 Å². The monoisotopic (exact) mass is 463 g/mol. The minimum Gasteiger partial charge on any atom is -0.497 e. The van der Waals surface area contributed by atoms with Gasteiger partial charge in [0.15, 0.2) is 11.4 Å². The number of amides is 2. The minimum atomic E-state index is -4.53. The molecule has 12 heteroatoms. The van der Waals surface area contributed by atoms with Gasteiger partial charge in [-0.3, -0.25) is 20.4 Å². The third-order valence-corrected chi connectivity index (χ3v) is 4.41. The second-order valence-electron chi connectivity index (χ2n) is 6.62. The highest BCUT2D eigenvalue weighted by Crippen LogP contribution is 2.30. The van der Waals surface area contributed by atoms with Crippen LogP contribution in [0, 0.1) is 0 Å². The van der Waals surface area contributed by atoms with Crippen molar-refractivity contribution in [1.29, 1.82) is 0 Å². The Bertz CT molecular complexity index is 1130. The molecule has 2 amide bonds. The molecule has 3 N–H and O–H groups in total. The van der Waals surface area contributed by atoms with Crippen molar-refractivity contribution in [1.82, 2.24) is 20.6 Å². The quantitative estimate of drug-likeness (QED) is 0.466. The standard InChI is InChI=1S/C21H20F3N5O4/c1-32-16-8-6-14(7-9-16)25-11-18(30)26-27-20(31)19-17(33-2)12-29(28-19)15-5-3-4-13(10-15)21(22,23)24/h3-10,12,25H,11H2,1-2H3,(H,26,30)(H,27,31). The summed E-state index contributed by atoms with van der Waals surface area (Å²) in [5.74, 6) is -0.683. The van der Waals surface area contributed by atoms with E-state index in [1.54, 1.807) is 24.3 Å². The van der Waals surface area contributed by atoms with Crippen molar-refractivity contribution < 1.29 is 32.2 Å². The minimum absolute atomic E-state index is 0.00974. The number of anilines is 1. The molecule has 0 spiro atoms. The first-order chi connectivity index (χ1) is 15.7. The normalized spacial score (nSPS) is 10.9. The lowest BCUT2D eigenvalue weighted by atomic mass is 10.2. The predicted molar refractivity (Wildman–Crippen MR) is 112 cm³/mol. The summed E-state index contributed by atoms with van der Waals surface area (Å²) < 4.78 is 50.1. The lowest BCUT2D eigenvalue weighted by Crippen LogP contribution is -2.44. The van der Waals surface area contributed by atoms with Gasteiger partial charge >= 0.3 is 6.18 Å². The first kappa shape index (κ1) is 23.4. The molecule has 0 radical (unpaired) electrons. The number of hydrogen-bond donors (Lipinski definition) is 3. The van der Waals surface area contributed by atoms with Crippen molar-refractivity contribution in [3.05, 3.63) is 66.0 Å². The highest BCUT2D eigenvalue weighted by molar-refractivity contribution is 5.96. The maximum atomic E-state index is 13.0. The van der Waals surface area contributed by atoms with E-state index in [4.69, 9.17) is 9.47 Å². The van der Waals surface area contributed by atoms with E-state index in [2.05, 4.69) is 21.3 Å². The fraction of sp³-hybridized carbons (Fsp3) is 0.190. The van der Waals surface area contributed by atoms with E-state index in [1.807, 2.05) is 0 Å². The number of rotatable bonds is 7. The van der Waals surface area contributed by atoms with Crippen LogP contribution in [-0.2, 0) is 11.0 Å². The number of benzene rings is 2. The van der Waals surface area contributed by atoms with Gasteiger partial charge in [-0.05, 0) is 42.5 Å². The summed E-state index contributed by atoms with van der Waals surface area (Å²) >= 11 is 0. The second kappa shape index (κ2) is 9.94. The van der Waals surface area contributed by atoms with Gasteiger partial charge in [0, 0.05) is 5.69 Å². The molecule has 9 nitrogen and oxygen atoms in total. The highest BCUT2D eigenvalue weighted by Gasteiger charge is 2.30. The van der Waals surface area contributed by atoms with Gasteiger partial charge in [-0.2, -0.15) is 18.3 Å². The SMILES string of the molecule is COc1ccc(NCC(=O)NNC(=O)c2nn(-c3cccc(C(F)(F)F)c3)cc2OC)cc1. The van der Waals surface area contributed by atoms with Crippen LogP contribution in [0.15, 0.2) is 54.7 Å². The molecule has 0 bridgehead atoms. The number of halogens is 3. The predicted octanol–water partition coefficient (Wildman–Crippen LogP) is 2.78. The van der Waals surface area contributed by atoms with Gasteiger partial charge in [-0.1, -0.05) is 6.07 Å². The summed E-state index contributed by atoms with van der Waals surface area (Å²) in [4.78, 5) is 24.5. The molecular weight excluding hydrogens is 443 g/mol. The smallest absolute Gasteiger partial charge is 0.416 e. The number of nitrogens with zero attached hydrogens (tertiary/aromatic N) is 2. The van der Waals surface area contributed by atoms with E-state index in [0.717, 1.165) is 16.8 Å². The molecule has 0 aliphatic rings. The Morgan fingerprint density at radius 3 is 2.39 bits per heavy atom. The van der Waals surface area contributed by atoms with Crippen LogP contribution in [0.1, 0.15) is 16.1 Å². The fourth-order valence-electron chi connectivity index (χ4n) is 2.74. The third-order valence-electron chi connectivity index (χ3n) is 4.41. The number of methoxy groups -OCH3 is 2. The van der Waals surface area contributed by atoms with Gasteiger partial charge in [-0.25, -0.2) is 4.68 Å². The molecule has 174 valence electrons. The number of hydrogen-bond acceptors (Lipinski definition) is 6. The zero-order chi connectivity index (χ0) is 24.0. The van der Waals surface area contributed by atoms with Crippen molar-refractivity contribution in [2.45, 2.75) is 6.18 Å². The van der Waals surface area contributed by atoms with Gasteiger partial charge in [0.2, 0.25) is 0 Å². The average molecular weight is 463 g/mol. The van der Waals surface area contributed by atoms with E-state index in [1.165, 1.54) is 32.5 Å². The Morgan fingerprint density at radius 2 is 1.76 bits per heavy atom. The molecule has 0 atom stereocenters. The molecule has 0 saturated carbocycles. The summed E-state index contributed by atoms with van der Waals surface area (Å²) in [6.07, 6.45) is -3.27. The van der Waals surface area contributed by atoms with Gasteiger partial charge in [0.25, 0.3) is 11.8 Å². The van der Waals surface area contributed by atoms with Gasteiger partial charge in [0.1, 0.15) is 5.75 Å². The molecule has 0 fully saturated rings. The molecule has 33 heavy (non-hydrogen) atoms. The molecule has 1 heterocycles. The summed E-state index contributed by atoms with van der Waals surface area (Å²) in [7, 11) is 2.82. The number of nitrogens with one attached hydrogen (secondary N) is 3. The topological polar surface area (TPSA) is 107 Å². The van der Waals surface area contributed by atoms with Crippen molar-refractivity contribution in [2.24, 2.45) is 0 Å². The molecule has 2 aromatic carbocycles. The van der Waals surface area contributed by atoms with Gasteiger partial charge in [-0.15, -0.1) is 0 Å². The average Bonchev–Trinajstić information content (AvgIpc) is 3.26. The summed E-state index contributed by atoms with van der Waals surface area (Å²) in [6.45, 7) is -0.136.